The molecular formula is C14H24N2O3. The number of carboxylic acid groups (broad SMARTS) is 1. The van der Waals surface area contributed by atoms with E-state index in [9.17, 15) is 14.7 Å². The lowest BCUT2D eigenvalue weighted by molar-refractivity contribution is -0.143. The van der Waals surface area contributed by atoms with Gasteiger partial charge in [-0.25, -0.2) is 9.59 Å². The van der Waals surface area contributed by atoms with Crippen molar-refractivity contribution in [2.45, 2.75) is 64.5 Å². The third-order valence-electron chi connectivity index (χ3n) is 4.60. The highest BCUT2D eigenvalue weighted by molar-refractivity contribution is 5.83. The number of aliphatic carboxylic acids is 1. The molecule has 2 unspecified atom stereocenters. The molecule has 2 atom stereocenters. The minimum Gasteiger partial charge on any atom is -0.480 e. The molecule has 2 fully saturated rings. The van der Waals surface area contributed by atoms with Gasteiger partial charge in [0.1, 0.15) is 6.04 Å². The highest BCUT2D eigenvalue weighted by Gasteiger charge is 2.38. The summed E-state index contributed by atoms with van der Waals surface area (Å²) in [5.74, 6) is -0.888. The Balaban J connectivity index is 2.00. The van der Waals surface area contributed by atoms with Gasteiger partial charge in [-0.2, -0.15) is 0 Å². The van der Waals surface area contributed by atoms with Crippen LogP contribution in [0.1, 0.15) is 52.4 Å². The normalized spacial score (nSPS) is 30.1. The van der Waals surface area contributed by atoms with Crippen molar-refractivity contribution in [3.05, 3.63) is 0 Å². The molecule has 0 aromatic carbocycles. The van der Waals surface area contributed by atoms with Crippen molar-refractivity contribution in [2.24, 2.45) is 5.41 Å². The summed E-state index contributed by atoms with van der Waals surface area (Å²) in [6, 6.07) is -0.693. The molecule has 1 aliphatic carbocycles. The Hall–Kier alpha value is -1.26. The molecular weight excluding hydrogens is 244 g/mol. The summed E-state index contributed by atoms with van der Waals surface area (Å²) < 4.78 is 0. The third-order valence-corrected chi connectivity index (χ3v) is 4.60. The predicted molar refractivity (Wildman–Crippen MR) is 71.9 cm³/mol. The smallest absolute Gasteiger partial charge is 0.326 e. The van der Waals surface area contributed by atoms with Gasteiger partial charge in [-0.3, -0.25) is 0 Å². The number of carboxylic acids is 1. The molecule has 1 heterocycles. The molecule has 0 aromatic rings. The number of nitrogens with one attached hydrogen (secondary N) is 1. The number of urea groups is 1. The fourth-order valence-electron chi connectivity index (χ4n) is 3.26. The molecule has 5 heteroatoms. The Bertz CT molecular complexity index is 368. The summed E-state index contributed by atoms with van der Waals surface area (Å²) in [5.41, 5.74) is 0.115. The van der Waals surface area contributed by atoms with Gasteiger partial charge in [0.25, 0.3) is 0 Å². The van der Waals surface area contributed by atoms with Crippen LogP contribution in [0.3, 0.4) is 0 Å². The van der Waals surface area contributed by atoms with E-state index in [-0.39, 0.29) is 17.5 Å². The first kappa shape index (κ1) is 14.2. The number of rotatable bonds is 2. The number of amides is 2. The minimum atomic E-state index is -0.888. The predicted octanol–water partition coefficient (Wildman–Crippen LogP) is 2.21. The van der Waals surface area contributed by atoms with E-state index in [1.807, 2.05) is 0 Å². The van der Waals surface area contributed by atoms with E-state index in [2.05, 4.69) is 19.2 Å². The quantitative estimate of drug-likeness (QED) is 0.806. The van der Waals surface area contributed by atoms with Crippen LogP contribution in [0.5, 0.6) is 0 Å². The molecule has 1 saturated heterocycles. The molecule has 1 saturated carbocycles. The molecule has 2 amide bonds. The number of carbonyl (C=O) groups excluding carboxylic acids is 1. The second-order valence-electron chi connectivity index (χ2n) is 6.43. The van der Waals surface area contributed by atoms with Crippen LogP contribution >= 0.6 is 0 Å². The van der Waals surface area contributed by atoms with Crippen LogP contribution in [0.25, 0.3) is 0 Å². The second kappa shape index (κ2) is 5.39. The van der Waals surface area contributed by atoms with Crippen LogP contribution < -0.4 is 5.32 Å². The maximum absolute atomic E-state index is 12.3. The van der Waals surface area contributed by atoms with E-state index in [0.717, 1.165) is 32.1 Å². The summed E-state index contributed by atoms with van der Waals surface area (Å²) in [5, 5.41) is 12.2. The van der Waals surface area contributed by atoms with Crippen molar-refractivity contribution >= 4 is 12.0 Å². The van der Waals surface area contributed by atoms with Crippen LogP contribution in [0.4, 0.5) is 4.79 Å². The molecule has 1 aliphatic heterocycles. The summed E-state index contributed by atoms with van der Waals surface area (Å²) in [6.45, 7) is 4.88. The Morgan fingerprint density at radius 2 is 1.95 bits per heavy atom. The SMILES string of the molecule is CC1(C)CCCC1NC(=O)N1CCCCC1C(=O)O. The van der Waals surface area contributed by atoms with Crippen molar-refractivity contribution in [3.8, 4) is 0 Å². The lowest BCUT2D eigenvalue weighted by Gasteiger charge is -2.36. The largest absolute Gasteiger partial charge is 0.480 e. The zero-order valence-corrected chi connectivity index (χ0v) is 11.8. The number of carbonyl (C=O) groups is 2. The first-order valence-electron chi connectivity index (χ1n) is 7.22. The molecule has 5 nitrogen and oxygen atoms in total. The number of hydrogen-bond donors (Lipinski definition) is 2. The number of hydrogen-bond acceptors (Lipinski definition) is 2. The van der Waals surface area contributed by atoms with E-state index >= 15 is 0 Å². The molecule has 2 aliphatic rings. The second-order valence-corrected chi connectivity index (χ2v) is 6.43. The van der Waals surface area contributed by atoms with Crippen LogP contribution in [0.15, 0.2) is 0 Å². The molecule has 0 radical (unpaired) electrons. The van der Waals surface area contributed by atoms with Gasteiger partial charge >= 0.3 is 12.0 Å². The van der Waals surface area contributed by atoms with Crippen molar-refractivity contribution in [2.75, 3.05) is 6.54 Å². The van der Waals surface area contributed by atoms with Crippen molar-refractivity contribution in [1.82, 2.24) is 10.2 Å². The number of nitrogens with zero attached hydrogens (tertiary/aromatic N) is 1. The zero-order chi connectivity index (χ0) is 14.0. The number of piperidine rings is 1. The highest BCUT2D eigenvalue weighted by Crippen LogP contribution is 2.37. The Kier molecular flexibility index (Phi) is 4.02. The average molecular weight is 268 g/mol. The Morgan fingerprint density at radius 3 is 2.53 bits per heavy atom. The standard InChI is InChI=1S/C14H24N2O3/c1-14(2)8-5-7-11(14)15-13(19)16-9-4-3-6-10(16)12(17)18/h10-11H,3-9H2,1-2H3,(H,15,19)(H,17,18). The fraction of sp³-hybridized carbons (Fsp3) is 0.857. The van der Waals surface area contributed by atoms with Gasteiger partial charge in [0.2, 0.25) is 0 Å². The van der Waals surface area contributed by atoms with Crippen LogP contribution in [-0.2, 0) is 4.79 Å². The van der Waals surface area contributed by atoms with Crippen LogP contribution in [0, 0.1) is 5.41 Å². The Morgan fingerprint density at radius 1 is 1.21 bits per heavy atom. The van der Waals surface area contributed by atoms with Crippen molar-refractivity contribution in [3.63, 3.8) is 0 Å². The van der Waals surface area contributed by atoms with E-state index in [1.54, 1.807) is 0 Å². The van der Waals surface area contributed by atoms with Gasteiger partial charge in [-0.15, -0.1) is 0 Å². The molecule has 108 valence electrons. The summed E-state index contributed by atoms with van der Waals surface area (Å²) in [7, 11) is 0. The topological polar surface area (TPSA) is 69.6 Å². The summed E-state index contributed by atoms with van der Waals surface area (Å²) >= 11 is 0. The number of likely N-dealkylation sites (tertiary alicyclic amines) is 1. The minimum absolute atomic E-state index is 0.115. The molecule has 0 bridgehead atoms. The van der Waals surface area contributed by atoms with Gasteiger partial charge in [0.05, 0.1) is 0 Å². The van der Waals surface area contributed by atoms with Gasteiger partial charge in [-0.05, 0) is 37.5 Å². The van der Waals surface area contributed by atoms with E-state index in [4.69, 9.17) is 0 Å². The van der Waals surface area contributed by atoms with Gasteiger partial charge < -0.3 is 15.3 Å². The molecule has 19 heavy (non-hydrogen) atoms. The average Bonchev–Trinajstić information content (AvgIpc) is 2.68. The van der Waals surface area contributed by atoms with Crippen LogP contribution in [-0.4, -0.2) is 40.6 Å². The lowest BCUT2D eigenvalue weighted by atomic mass is 9.87. The van der Waals surface area contributed by atoms with Gasteiger partial charge in [0, 0.05) is 12.6 Å². The van der Waals surface area contributed by atoms with Gasteiger partial charge in [-0.1, -0.05) is 20.3 Å². The summed E-state index contributed by atoms with van der Waals surface area (Å²) in [4.78, 5) is 25.0. The van der Waals surface area contributed by atoms with Crippen LogP contribution in [0.2, 0.25) is 0 Å². The lowest BCUT2D eigenvalue weighted by Crippen LogP contribution is -2.55. The summed E-state index contributed by atoms with van der Waals surface area (Å²) in [6.07, 6.45) is 5.57. The fourth-order valence-corrected chi connectivity index (χ4v) is 3.26. The molecule has 2 rings (SSSR count). The Labute approximate surface area is 114 Å². The van der Waals surface area contributed by atoms with Gasteiger partial charge in [0.15, 0.2) is 0 Å². The van der Waals surface area contributed by atoms with Crippen molar-refractivity contribution < 1.29 is 14.7 Å². The maximum Gasteiger partial charge on any atom is 0.326 e. The monoisotopic (exact) mass is 268 g/mol. The first-order valence-corrected chi connectivity index (χ1v) is 7.22. The molecule has 0 aromatic heterocycles. The van der Waals surface area contributed by atoms with E-state index in [0.29, 0.717) is 13.0 Å². The maximum atomic E-state index is 12.3. The first-order chi connectivity index (χ1) is 8.92. The molecule has 0 spiro atoms. The van der Waals surface area contributed by atoms with E-state index < -0.39 is 12.0 Å². The van der Waals surface area contributed by atoms with E-state index in [1.165, 1.54) is 4.90 Å². The van der Waals surface area contributed by atoms with Crippen molar-refractivity contribution in [1.29, 1.82) is 0 Å². The molecule has 2 N–H and O–H groups in total. The third kappa shape index (κ3) is 3.01. The zero-order valence-electron chi connectivity index (χ0n) is 11.8. The highest BCUT2D eigenvalue weighted by atomic mass is 16.4.